The van der Waals surface area contributed by atoms with Gasteiger partial charge in [-0.25, -0.2) is 17.6 Å². The van der Waals surface area contributed by atoms with Gasteiger partial charge in [0.15, 0.2) is 10.2 Å². The number of hydrogen-bond donors (Lipinski definition) is 3. The molecule has 0 fully saturated rings. The Morgan fingerprint density at radius 2 is 0.625 bits per heavy atom. The molecule has 0 aliphatic rings. The van der Waals surface area contributed by atoms with E-state index < -0.39 is 0 Å². The van der Waals surface area contributed by atoms with Crippen molar-refractivity contribution in [3.05, 3.63) is 168 Å². The SMILES string of the molecule is C.C=CCCCCCCCCCOCCO.C=CCCCCCCCCCOCCOCc1ccc(F)cc1.CC(=O)S.CC(=O)SCCCCCCCCCCCOCCOCc1ccc(F)cc1.Fc1ccc(CCl)cc1.Fc1ccc(COCCOCCCCCCCCCCCS)cc1.[H-].[Na+]. The molecule has 0 radical (unpaired) electrons. The first-order valence-corrected chi connectivity index (χ1v) is 40.8. The van der Waals surface area contributed by atoms with E-state index in [1.165, 1.54) is 241 Å². The fourth-order valence-electron chi connectivity index (χ4n) is 9.78. The third kappa shape index (κ3) is 88.3. The maximum Gasteiger partial charge on any atom is 1.00 e. The third-order valence-electron chi connectivity index (χ3n) is 15.5. The number of aliphatic hydroxyl groups is 1. The van der Waals surface area contributed by atoms with Crippen LogP contribution in [-0.2, 0) is 68.4 Å². The van der Waals surface area contributed by atoms with Gasteiger partial charge in [0.25, 0.3) is 0 Å². The van der Waals surface area contributed by atoms with Gasteiger partial charge >= 0.3 is 29.6 Å². The number of hydrogen-bond acceptors (Lipinski definition) is 12. The van der Waals surface area contributed by atoms with Crippen LogP contribution in [0, 0.1) is 23.3 Å². The second-order valence-electron chi connectivity index (χ2n) is 25.0. The van der Waals surface area contributed by atoms with Gasteiger partial charge in [0.1, 0.15) is 23.3 Å². The van der Waals surface area contributed by atoms with Crippen LogP contribution in [0.25, 0.3) is 0 Å². The fourth-order valence-corrected chi connectivity index (χ4v) is 10.8. The zero-order valence-electron chi connectivity index (χ0n) is 64.9. The topological polar surface area (TPSA) is 119 Å². The van der Waals surface area contributed by atoms with Crippen LogP contribution in [0.4, 0.5) is 17.6 Å². The van der Waals surface area contributed by atoms with Crippen molar-refractivity contribution in [2.45, 2.75) is 265 Å². The average molecular weight is 1550 g/mol. The molecule has 0 heterocycles. The molecule has 0 unspecified atom stereocenters. The molecule has 0 bridgehead atoms. The van der Waals surface area contributed by atoms with Gasteiger partial charge in [-0.05, 0) is 141 Å². The number of alkyl halides is 1. The van der Waals surface area contributed by atoms with Crippen LogP contribution in [0.1, 0.15) is 263 Å². The Hall–Kier alpha value is -2.56. The number of thiol groups is 2. The van der Waals surface area contributed by atoms with Crippen molar-refractivity contribution in [2.24, 2.45) is 0 Å². The van der Waals surface area contributed by atoms with Gasteiger partial charge in [0, 0.05) is 51.9 Å². The van der Waals surface area contributed by atoms with Crippen molar-refractivity contribution in [1.29, 1.82) is 0 Å². The summed E-state index contributed by atoms with van der Waals surface area (Å²) in [5.74, 6) is 1.58. The van der Waals surface area contributed by atoms with Gasteiger partial charge in [0.2, 0.25) is 0 Å². The van der Waals surface area contributed by atoms with Crippen molar-refractivity contribution in [3.63, 3.8) is 0 Å². The van der Waals surface area contributed by atoms with Gasteiger partial charge in [0.05, 0.1) is 72.7 Å². The van der Waals surface area contributed by atoms with Crippen LogP contribution >= 0.6 is 48.6 Å². The van der Waals surface area contributed by atoms with Gasteiger partial charge in [-0.2, -0.15) is 12.6 Å². The van der Waals surface area contributed by atoms with E-state index in [4.69, 9.17) is 49.9 Å². The number of ether oxygens (including phenoxy) is 7. The molecular formula is C85H140ClF4NaO10S3. The van der Waals surface area contributed by atoms with Crippen LogP contribution in [0.15, 0.2) is 122 Å². The van der Waals surface area contributed by atoms with E-state index in [1.54, 1.807) is 55.5 Å². The van der Waals surface area contributed by atoms with Crippen molar-refractivity contribution in [2.75, 3.05) is 90.8 Å². The Labute approximate surface area is 674 Å². The third-order valence-corrected chi connectivity index (χ3v) is 17.1. The maximum absolute atomic E-state index is 12.8. The van der Waals surface area contributed by atoms with E-state index >= 15 is 0 Å². The molecule has 0 saturated heterocycles. The van der Waals surface area contributed by atoms with E-state index in [9.17, 15) is 27.2 Å². The summed E-state index contributed by atoms with van der Waals surface area (Å²) in [6.07, 6.45) is 47.3. The van der Waals surface area contributed by atoms with Gasteiger partial charge in [-0.15, -0.1) is 37.4 Å². The minimum Gasteiger partial charge on any atom is -1.00 e. The summed E-state index contributed by atoms with van der Waals surface area (Å²) in [4.78, 5) is 20.1. The van der Waals surface area contributed by atoms with E-state index in [-0.39, 0.29) is 78.5 Å². The molecule has 0 aliphatic heterocycles. The van der Waals surface area contributed by atoms with Crippen LogP contribution in [0.3, 0.4) is 0 Å². The molecule has 1 N–H and O–H groups in total. The molecule has 4 aromatic carbocycles. The molecule has 0 amide bonds. The molecule has 0 aliphatic carbocycles. The standard InChI is InChI=1S/C22H35FO3S.C20H33FO2S.C20H31FO2.C13H26O2.C7H6ClF.C2H4OS.CH4.Na.H/c1-20(24)27-18-10-8-6-4-2-3-5-7-9-15-25-16-17-26-19-21-11-13-22(23)14-12-21;21-20-12-10-19(11-13-20)18-23-16-15-22-14-8-6-4-2-1-3-5-7-9-17-24;1-2-3-4-5-6-7-8-9-10-15-22-16-17-23-18-19-11-13-20(21)14-12-19;1-2-3-4-5-6-7-8-9-10-12-15-13-11-14;8-5-6-1-3-7(9)4-2-6;1-2(3)4;;;/h11-14H,2-10,15-19H2,1H3;10-13,24H,1-9,14-18H2;2,11-14H,1,3-10,15-18H2;2,14H,1,3-13H2;1-4H,5H2;1H3,(H,3,4);1H4;;/q;;;;;;;+1;-1. The average Bonchev–Trinajstić information content (AvgIpc) is 1.01. The fraction of sp³-hybridized carbons (Fsp3) is 0.647. The first-order chi connectivity index (χ1) is 49.8. The number of rotatable bonds is 61. The second-order valence-corrected chi connectivity index (χ2v) is 27.6. The first kappa shape index (κ1) is 108. The molecule has 0 spiro atoms. The zero-order chi connectivity index (χ0) is 74.9. The Morgan fingerprint density at radius 1 is 0.394 bits per heavy atom. The molecule has 0 atom stereocenters. The largest absolute Gasteiger partial charge is 1.00 e. The van der Waals surface area contributed by atoms with Crippen LogP contribution in [-0.4, -0.2) is 106 Å². The Balaban J connectivity index is -0.000000401. The maximum atomic E-state index is 12.8. The number of allylic oxidation sites excluding steroid dienone is 2. The van der Waals surface area contributed by atoms with Gasteiger partial charge < -0.3 is 39.7 Å². The first-order valence-electron chi connectivity index (χ1n) is 38.2. The molecule has 594 valence electrons. The second kappa shape index (κ2) is 89.3. The zero-order valence-corrected chi connectivity index (χ0v) is 69.3. The summed E-state index contributed by atoms with van der Waals surface area (Å²) >= 11 is 14.5. The van der Waals surface area contributed by atoms with E-state index in [0.717, 1.165) is 105 Å². The van der Waals surface area contributed by atoms with Crippen LogP contribution < -0.4 is 29.6 Å². The molecule has 4 aromatic rings. The molecule has 0 aromatic heterocycles. The Bertz CT molecular complexity index is 2400. The van der Waals surface area contributed by atoms with Crippen molar-refractivity contribution in [1.82, 2.24) is 0 Å². The quantitative estimate of drug-likeness (QED) is 0.00979. The predicted octanol–water partition coefficient (Wildman–Crippen LogP) is 21.7. The molecule has 104 heavy (non-hydrogen) atoms. The van der Waals surface area contributed by atoms with E-state index in [0.29, 0.717) is 71.9 Å². The summed E-state index contributed by atoms with van der Waals surface area (Å²) in [5.41, 5.74) is 3.89. The van der Waals surface area contributed by atoms with Gasteiger partial charge in [-0.1, -0.05) is 234 Å². The number of benzene rings is 4. The number of carbonyl (C=O) groups is 2. The van der Waals surface area contributed by atoms with Crippen molar-refractivity contribution in [3.8, 4) is 0 Å². The number of thioether (sulfide) groups is 1. The van der Waals surface area contributed by atoms with Crippen LogP contribution in [0.5, 0.6) is 0 Å². The van der Waals surface area contributed by atoms with Gasteiger partial charge in [-0.3, -0.25) is 9.59 Å². The normalized spacial score (nSPS) is 10.4. The minimum absolute atomic E-state index is 0. The number of halogens is 5. The molecular weight excluding hydrogens is 1410 g/mol. The van der Waals surface area contributed by atoms with Crippen LogP contribution in [0.2, 0.25) is 0 Å². The summed E-state index contributed by atoms with van der Waals surface area (Å²) in [7, 11) is 0. The molecule has 0 saturated carbocycles. The Morgan fingerprint density at radius 3 is 0.875 bits per heavy atom. The molecule has 10 nitrogen and oxygen atoms in total. The number of aliphatic hydroxyl groups excluding tert-OH is 1. The summed E-state index contributed by atoms with van der Waals surface area (Å²) in [6, 6.07) is 25.3. The van der Waals surface area contributed by atoms with Crippen molar-refractivity contribution < 1.29 is 96.4 Å². The summed E-state index contributed by atoms with van der Waals surface area (Å²) < 4.78 is 88.8. The van der Waals surface area contributed by atoms with E-state index in [2.05, 4.69) is 38.4 Å². The smallest absolute Gasteiger partial charge is 1.00 e. The number of carbonyl (C=O) groups excluding carboxylic acids is 2. The predicted molar refractivity (Wildman–Crippen MR) is 436 cm³/mol. The Kier molecular flexibility index (Phi) is 92.6. The monoisotopic (exact) mass is 1550 g/mol. The molecule has 4 rings (SSSR count). The minimum atomic E-state index is -0.220. The number of unbranched alkanes of at least 4 members (excludes halogenated alkanes) is 30. The summed E-state index contributed by atoms with van der Waals surface area (Å²) in [5, 5.41) is 8.57. The van der Waals surface area contributed by atoms with Crippen molar-refractivity contribution >= 4 is 58.9 Å². The summed E-state index contributed by atoms with van der Waals surface area (Å²) in [6.45, 7) is 19.5. The van der Waals surface area contributed by atoms with E-state index in [1.807, 2.05) is 12.2 Å². The molecule has 19 heteroatoms.